The molecule has 0 aromatic heterocycles. The van der Waals surface area contributed by atoms with Crippen LogP contribution in [0, 0.1) is 30.9 Å². The van der Waals surface area contributed by atoms with Gasteiger partial charge in [-0.2, -0.15) is 0 Å². The third-order valence-electron chi connectivity index (χ3n) is 4.08. The molecule has 0 unspecified atom stereocenters. The molecule has 0 amide bonds. The number of esters is 2. The molecule has 2 aromatic rings. The molecule has 0 spiro atoms. The Kier molecular flexibility index (Phi) is 6.25. The van der Waals surface area contributed by atoms with Crippen molar-refractivity contribution in [2.45, 2.75) is 20.8 Å². The number of hydrogen-bond acceptors (Lipinski definition) is 7. The molecule has 8 nitrogen and oxygen atoms in total. The van der Waals surface area contributed by atoms with Crippen LogP contribution in [-0.4, -0.2) is 36.4 Å². The van der Waals surface area contributed by atoms with Crippen molar-refractivity contribution < 1.29 is 28.8 Å². The fourth-order valence-corrected chi connectivity index (χ4v) is 2.98. The van der Waals surface area contributed by atoms with Crippen molar-refractivity contribution in [3.63, 3.8) is 0 Å². The molecule has 0 fully saturated rings. The maximum Gasteiger partial charge on any atom is 0.338 e. The Balaban J connectivity index is 2.23. The number of carbonyl (C=O) groups excluding carboxylic acids is 3. The van der Waals surface area contributed by atoms with Gasteiger partial charge in [0.1, 0.15) is 0 Å². The summed E-state index contributed by atoms with van der Waals surface area (Å²) < 4.78 is 9.55. The van der Waals surface area contributed by atoms with Gasteiger partial charge in [-0.15, -0.1) is 0 Å². The molecule has 28 heavy (non-hydrogen) atoms. The molecule has 0 bridgehead atoms. The Labute approximate surface area is 161 Å². The highest BCUT2D eigenvalue weighted by Gasteiger charge is 2.21. The summed E-state index contributed by atoms with van der Waals surface area (Å²) in [6, 6.07) is 6.79. The van der Waals surface area contributed by atoms with E-state index in [1.54, 1.807) is 13.8 Å². The molecule has 0 radical (unpaired) electrons. The van der Waals surface area contributed by atoms with Crippen molar-refractivity contribution in [1.82, 2.24) is 0 Å². The van der Waals surface area contributed by atoms with Crippen LogP contribution in [0.2, 0.25) is 0 Å². The van der Waals surface area contributed by atoms with Crippen LogP contribution in [0.4, 0.5) is 5.69 Å². The number of methoxy groups -OCH3 is 1. The summed E-state index contributed by atoms with van der Waals surface area (Å²) in [4.78, 5) is 46.7. The number of nitro groups is 1. The lowest BCUT2D eigenvalue weighted by Crippen LogP contribution is -2.17. The van der Waals surface area contributed by atoms with Gasteiger partial charge in [0.25, 0.3) is 5.69 Å². The SMILES string of the molecule is COC(=O)c1cc(C(=O)OCC(=O)c2c(C)cc(C)cc2C)cc([N+](=O)[O-])c1. The van der Waals surface area contributed by atoms with Crippen LogP contribution in [0.15, 0.2) is 30.3 Å². The standard InChI is InChI=1S/C20H19NO7/c1-11-5-12(2)18(13(3)6-11)17(22)10-28-20(24)15-7-14(19(23)27-4)8-16(9-15)21(25)26/h5-9H,10H2,1-4H3. The molecule has 2 rings (SSSR count). The van der Waals surface area contributed by atoms with Gasteiger partial charge in [0, 0.05) is 17.7 Å². The van der Waals surface area contributed by atoms with Crippen LogP contribution < -0.4 is 0 Å². The number of non-ortho nitro benzene ring substituents is 1. The zero-order valence-electron chi connectivity index (χ0n) is 15.9. The minimum atomic E-state index is -0.954. The summed E-state index contributed by atoms with van der Waals surface area (Å²) in [5, 5.41) is 11.0. The highest BCUT2D eigenvalue weighted by molar-refractivity contribution is 6.02. The first-order valence-corrected chi connectivity index (χ1v) is 8.30. The number of nitrogens with zero attached hydrogens (tertiary/aromatic N) is 1. The summed E-state index contributed by atoms with van der Waals surface area (Å²) in [6.07, 6.45) is 0. The molecule has 8 heteroatoms. The summed E-state index contributed by atoms with van der Waals surface area (Å²) in [5.41, 5.74) is 2.15. The van der Waals surface area contributed by atoms with Crippen LogP contribution in [0.1, 0.15) is 47.8 Å². The van der Waals surface area contributed by atoms with Crippen LogP contribution in [0.25, 0.3) is 0 Å². The topological polar surface area (TPSA) is 113 Å². The van der Waals surface area contributed by atoms with E-state index >= 15 is 0 Å². The average molecular weight is 385 g/mol. The second kappa shape index (κ2) is 8.43. The second-order valence-electron chi connectivity index (χ2n) is 6.29. The Morgan fingerprint density at radius 1 is 0.929 bits per heavy atom. The highest BCUT2D eigenvalue weighted by Crippen LogP contribution is 2.20. The smallest absolute Gasteiger partial charge is 0.338 e. The summed E-state index contributed by atoms with van der Waals surface area (Å²) in [6.45, 7) is 4.96. The van der Waals surface area contributed by atoms with Gasteiger partial charge in [-0.3, -0.25) is 14.9 Å². The van der Waals surface area contributed by atoms with E-state index in [1.807, 2.05) is 19.1 Å². The number of hydrogen-bond donors (Lipinski definition) is 0. The Hall–Kier alpha value is -3.55. The molecule has 0 saturated heterocycles. The Morgan fingerprint density at radius 2 is 1.46 bits per heavy atom. The molecule has 0 aliphatic carbocycles. The van der Waals surface area contributed by atoms with Gasteiger partial charge in [-0.1, -0.05) is 17.7 Å². The first-order chi connectivity index (χ1) is 13.1. The summed E-state index contributed by atoms with van der Waals surface area (Å²) in [5.74, 6) is -2.17. The lowest BCUT2D eigenvalue weighted by molar-refractivity contribution is -0.384. The molecule has 0 saturated carbocycles. The van der Waals surface area contributed by atoms with Gasteiger partial charge in [0.05, 0.1) is 23.2 Å². The first-order valence-electron chi connectivity index (χ1n) is 8.30. The number of benzene rings is 2. The average Bonchev–Trinajstić information content (AvgIpc) is 2.64. The van der Waals surface area contributed by atoms with Crippen molar-refractivity contribution >= 4 is 23.4 Å². The molecule has 0 N–H and O–H groups in total. The quantitative estimate of drug-likeness (QED) is 0.324. The zero-order chi connectivity index (χ0) is 21.0. The number of nitro benzene ring substituents is 1. The van der Waals surface area contributed by atoms with Gasteiger partial charge in [-0.25, -0.2) is 9.59 Å². The van der Waals surface area contributed by atoms with Crippen LogP contribution >= 0.6 is 0 Å². The zero-order valence-corrected chi connectivity index (χ0v) is 15.9. The number of aryl methyl sites for hydroxylation is 3. The van der Waals surface area contributed by atoms with Gasteiger partial charge in [-0.05, 0) is 38.0 Å². The minimum Gasteiger partial charge on any atom is -0.465 e. The van der Waals surface area contributed by atoms with Crippen molar-refractivity contribution in [3.8, 4) is 0 Å². The Morgan fingerprint density at radius 3 is 1.96 bits per heavy atom. The lowest BCUT2D eigenvalue weighted by atomic mass is 9.97. The molecular weight excluding hydrogens is 366 g/mol. The van der Waals surface area contributed by atoms with Crippen LogP contribution in [-0.2, 0) is 9.47 Å². The lowest BCUT2D eigenvalue weighted by Gasteiger charge is -2.11. The van der Waals surface area contributed by atoms with E-state index in [1.165, 1.54) is 0 Å². The summed E-state index contributed by atoms with van der Waals surface area (Å²) in [7, 11) is 1.12. The van der Waals surface area contributed by atoms with Crippen LogP contribution in [0.3, 0.4) is 0 Å². The van der Waals surface area contributed by atoms with Gasteiger partial charge >= 0.3 is 11.9 Å². The van der Waals surface area contributed by atoms with Crippen molar-refractivity contribution in [2.75, 3.05) is 13.7 Å². The van der Waals surface area contributed by atoms with E-state index in [0.29, 0.717) is 5.56 Å². The number of ketones is 1. The monoisotopic (exact) mass is 385 g/mol. The van der Waals surface area contributed by atoms with Gasteiger partial charge in [0.15, 0.2) is 6.61 Å². The molecule has 0 aliphatic heterocycles. The Bertz CT molecular complexity index is 956. The maximum atomic E-state index is 12.5. The fourth-order valence-electron chi connectivity index (χ4n) is 2.98. The first kappa shape index (κ1) is 20.8. The second-order valence-corrected chi connectivity index (χ2v) is 6.29. The third-order valence-corrected chi connectivity index (χ3v) is 4.08. The van der Waals surface area contributed by atoms with Crippen molar-refractivity contribution in [3.05, 3.63) is 73.8 Å². The van der Waals surface area contributed by atoms with E-state index < -0.39 is 29.2 Å². The number of ether oxygens (including phenoxy) is 2. The highest BCUT2D eigenvalue weighted by atomic mass is 16.6. The van der Waals surface area contributed by atoms with Crippen LogP contribution in [0.5, 0.6) is 0 Å². The molecule has 2 aromatic carbocycles. The van der Waals surface area contributed by atoms with Crippen molar-refractivity contribution in [2.24, 2.45) is 0 Å². The number of rotatable bonds is 6. The largest absolute Gasteiger partial charge is 0.465 e. The molecule has 0 atom stereocenters. The van der Waals surface area contributed by atoms with E-state index in [9.17, 15) is 24.5 Å². The van der Waals surface area contributed by atoms with Gasteiger partial charge in [0.2, 0.25) is 5.78 Å². The predicted molar refractivity (Wildman–Crippen MR) is 99.7 cm³/mol. The van der Waals surface area contributed by atoms with Crippen molar-refractivity contribution in [1.29, 1.82) is 0 Å². The van der Waals surface area contributed by atoms with E-state index in [0.717, 1.165) is 42.0 Å². The number of carbonyl (C=O) groups is 3. The molecule has 0 aliphatic rings. The minimum absolute atomic E-state index is 0.166. The third kappa shape index (κ3) is 4.59. The van der Waals surface area contributed by atoms with E-state index in [4.69, 9.17) is 4.74 Å². The normalized spacial score (nSPS) is 10.3. The molecule has 146 valence electrons. The van der Waals surface area contributed by atoms with Gasteiger partial charge < -0.3 is 9.47 Å². The maximum absolute atomic E-state index is 12.5. The predicted octanol–water partition coefficient (Wildman–Crippen LogP) is 3.35. The fraction of sp³-hybridized carbons (Fsp3) is 0.250. The van der Waals surface area contributed by atoms with E-state index in [-0.39, 0.29) is 16.9 Å². The van der Waals surface area contributed by atoms with E-state index in [2.05, 4.69) is 4.74 Å². The number of Topliss-reactive ketones (excluding diaryl/α,β-unsaturated/α-hetero) is 1. The summed E-state index contributed by atoms with van der Waals surface area (Å²) >= 11 is 0. The molecule has 0 heterocycles. The molecular formula is C20H19NO7.